The molecule has 2 aromatic rings. The number of nitrogens with zero attached hydrogens (tertiary/aromatic N) is 6. The molecule has 0 atom stereocenters. The van der Waals surface area contributed by atoms with Crippen molar-refractivity contribution in [2.45, 2.75) is 93.2 Å². The maximum atomic E-state index is 9.05. The molecular formula is C34H42N6. The van der Waals surface area contributed by atoms with Gasteiger partial charge in [-0.05, 0) is 98.6 Å². The van der Waals surface area contributed by atoms with Crippen LogP contribution in [-0.2, 0) is 12.8 Å². The molecule has 0 bridgehead atoms. The monoisotopic (exact) mass is 534 g/mol. The van der Waals surface area contributed by atoms with Crippen LogP contribution in [0, 0.1) is 57.2 Å². The number of nitriles is 2. The van der Waals surface area contributed by atoms with Crippen molar-refractivity contribution < 1.29 is 0 Å². The van der Waals surface area contributed by atoms with E-state index in [2.05, 4.69) is 89.3 Å². The molecule has 0 aliphatic carbocycles. The van der Waals surface area contributed by atoms with Crippen LogP contribution in [0.15, 0.2) is 24.7 Å². The number of anilines is 2. The molecule has 2 aliphatic rings. The molecule has 0 saturated carbocycles. The second-order valence-corrected chi connectivity index (χ2v) is 12.1. The Bertz CT molecular complexity index is 1300. The summed E-state index contributed by atoms with van der Waals surface area (Å²) in [4.78, 5) is 13.5. The van der Waals surface area contributed by atoms with Crippen LogP contribution in [0.5, 0.6) is 0 Å². The predicted octanol–water partition coefficient (Wildman–Crippen LogP) is 6.29. The van der Waals surface area contributed by atoms with Gasteiger partial charge in [-0.15, -0.1) is 0 Å². The first-order chi connectivity index (χ1) is 18.9. The Morgan fingerprint density at radius 1 is 0.775 bits per heavy atom. The summed E-state index contributed by atoms with van der Waals surface area (Å²) in [5, 5.41) is 18.1. The van der Waals surface area contributed by atoms with E-state index in [-0.39, 0.29) is 0 Å². The minimum Gasteiger partial charge on any atom is -0.369 e. The quantitative estimate of drug-likeness (QED) is 0.422. The number of pyridine rings is 2. The highest BCUT2D eigenvalue weighted by Crippen LogP contribution is 2.31. The van der Waals surface area contributed by atoms with Crippen molar-refractivity contribution in [3.8, 4) is 35.8 Å². The van der Waals surface area contributed by atoms with E-state index < -0.39 is 10.8 Å². The van der Waals surface area contributed by atoms with Gasteiger partial charge in [-0.2, -0.15) is 10.5 Å². The van der Waals surface area contributed by atoms with E-state index in [9.17, 15) is 0 Å². The van der Waals surface area contributed by atoms with Crippen LogP contribution < -0.4 is 9.80 Å². The summed E-state index contributed by atoms with van der Waals surface area (Å²) in [6, 6.07) is 7.45. The molecule has 0 saturated heterocycles. The zero-order valence-electron chi connectivity index (χ0n) is 25.4. The average Bonchev–Trinajstić information content (AvgIpc) is 2.94. The molecule has 6 nitrogen and oxygen atoms in total. The molecular weight excluding hydrogens is 492 g/mol. The lowest BCUT2D eigenvalue weighted by Gasteiger charge is -2.34. The van der Waals surface area contributed by atoms with Crippen molar-refractivity contribution >= 4 is 11.4 Å². The van der Waals surface area contributed by atoms with Gasteiger partial charge in [0, 0.05) is 54.4 Å². The van der Waals surface area contributed by atoms with Gasteiger partial charge >= 0.3 is 0 Å². The lowest BCUT2D eigenvalue weighted by Crippen LogP contribution is -2.35. The van der Waals surface area contributed by atoms with E-state index in [1.54, 1.807) is 0 Å². The molecule has 4 heterocycles. The number of aromatic nitrogens is 2. The second-order valence-electron chi connectivity index (χ2n) is 12.1. The highest BCUT2D eigenvalue weighted by molar-refractivity contribution is 5.61. The van der Waals surface area contributed by atoms with Crippen LogP contribution in [0.3, 0.4) is 0 Å². The smallest absolute Gasteiger partial charge is 0.118 e. The third-order valence-corrected chi connectivity index (χ3v) is 7.15. The molecule has 0 unspecified atom stereocenters. The van der Waals surface area contributed by atoms with E-state index in [4.69, 9.17) is 10.5 Å². The summed E-state index contributed by atoms with van der Waals surface area (Å²) in [6.07, 6.45) is 9.92. The first kappa shape index (κ1) is 30.5. The van der Waals surface area contributed by atoms with Gasteiger partial charge in [-0.3, -0.25) is 4.98 Å². The Hall–Kier alpha value is -4.00. The molecule has 40 heavy (non-hydrogen) atoms. The topological polar surface area (TPSA) is 79.8 Å². The Morgan fingerprint density at radius 2 is 1.32 bits per heavy atom. The zero-order chi connectivity index (χ0) is 29.5. The standard InChI is InChI=1S/2C17H21N3/c1-13(2)20-11-5-6-14-15(19-10-8-16(14)20)7-9-17(3,4)12-18;1-13(2)20-9-5-6-15-14(10-19-11-16(15)20)7-8-17(3,4)12-18/h8,10,13H,5-6,11H2,1-4H3;10-11,13H,5-6,9H2,1-4H3. The predicted molar refractivity (Wildman–Crippen MR) is 163 cm³/mol. The second kappa shape index (κ2) is 12.9. The maximum absolute atomic E-state index is 9.05. The number of fused-ring (bicyclic) bond motifs is 2. The van der Waals surface area contributed by atoms with Gasteiger partial charge in [0.05, 0.1) is 24.0 Å². The summed E-state index contributed by atoms with van der Waals surface area (Å²) >= 11 is 0. The van der Waals surface area contributed by atoms with Crippen molar-refractivity contribution in [3.05, 3.63) is 47.0 Å². The van der Waals surface area contributed by atoms with Gasteiger partial charge in [0.2, 0.25) is 0 Å². The number of hydrogen-bond donors (Lipinski definition) is 0. The van der Waals surface area contributed by atoms with Gasteiger partial charge < -0.3 is 9.80 Å². The minimum atomic E-state index is -0.628. The molecule has 0 spiro atoms. The Morgan fingerprint density at radius 3 is 1.90 bits per heavy atom. The van der Waals surface area contributed by atoms with Crippen LogP contribution in [0.25, 0.3) is 0 Å². The largest absolute Gasteiger partial charge is 0.369 e. The summed E-state index contributed by atoms with van der Waals surface area (Å²) in [5.41, 5.74) is 5.52. The van der Waals surface area contributed by atoms with E-state index in [1.165, 1.54) is 22.5 Å². The van der Waals surface area contributed by atoms with Gasteiger partial charge in [0.1, 0.15) is 16.5 Å². The first-order valence-electron chi connectivity index (χ1n) is 14.3. The van der Waals surface area contributed by atoms with Crippen LogP contribution in [0.2, 0.25) is 0 Å². The number of rotatable bonds is 2. The van der Waals surface area contributed by atoms with Gasteiger partial charge in [-0.25, -0.2) is 4.98 Å². The fourth-order valence-corrected chi connectivity index (χ4v) is 4.86. The van der Waals surface area contributed by atoms with E-state index >= 15 is 0 Å². The average molecular weight is 535 g/mol. The first-order valence-corrected chi connectivity index (χ1v) is 14.3. The van der Waals surface area contributed by atoms with Crippen molar-refractivity contribution in [3.63, 3.8) is 0 Å². The normalized spacial score (nSPS) is 14.3. The number of hydrogen-bond acceptors (Lipinski definition) is 6. The highest BCUT2D eigenvalue weighted by atomic mass is 15.2. The molecule has 2 aliphatic heterocycles. The molecule has 0 fully saturated rings. The molecule has 0 aromatic carbocycles. The fraction of sp³-hybridized carbons (Fsp3) is 0.529. The van der Waals surface area contributed by atoms with Crippen LogP contribution in [0.4, 0.5) is 11.4 Å². The van der Waals surface area contributed by atoms with E-state index in [0.29, 0.717) is 12.1 Å². The SMILES string of the molecule is CC(C)N1CCCc2c(C#CC(C)(C)C#N)cncc21.CC(C)N1CCCc2c1ccnc2C#CC(C)(C)C#N. The Kier molecular flexibility index (Phi) is 9.85. The summed E-state index contributed by atoms with van der Waals surface area (Å²) in [7, 11) is 0. The summed E-state index contributed by atoms with van der Waals surface area (Å²) < 4.78 is 0. The Balaban J connectivity index is 0.000000220. The zero-order valence-corrected chi connectivity index (χ0v) is 25.4. The van der Waals surface area contributed by atoms with Crippen molar-refractivity contribution in [2.75, 3.05) is 22.9 Å². The fourth-order valence-electron chi connectivity index (χ4n) is 4.86. The van der Waals surface area contributed by atoms with Gasteiger partial charge in [-0.1, -0.05) is 17.8 Å². The van der Waals surface area contributed by atoms with Gasteiger partial charge in [0.25, 0.3) is 0 Å². The van der Waals surface area contributed by atoms with Crippen LogP contribution >= 0.6 is 0 Å². The lowest BCUT2D eigenvalue weighted by molar-refractivity contribution is 0.623. The van der Waals surface area contributed by atoms with Gasteiger partial charge in [0.15, 0.2) is 0 Å². The highest BCUT2D eigenvalue weighted by Gasteiger charge is 2.23. The van der Waals surface area contributed by atoms with Crippen molar-refractivity contribution in [1.29, 1.82) is 10.5 Å². The molecule has 4 rings (SSSR count). The molecule has 208 valence electrons. The molecule has 6 heteroatoms. The molecule has 0 amide bonds. The summed E-state index contributed by atoms with van der Waals surface area (Å²) in [5.74, 6) is 12.4. The van der Waals surface area contributed by atoms with E-state index in [1.807, 2.05) is 46.3 Å². The third-order valence-electron chi connectivity index (χ3n) is 7.15. The summed E-state index contributed by atoms with van der Waals surface area (Å²) in [6.45, 7) is 18.3. The Labute approximate surface area is 241 Å². The van der Waals surface area contributed by atoms with E-state index in [0.717, 1.165) is 50.0 Å². The lowest BCUT2D eigenvalue weighted by atomic mass is 9.94. The third kappa shape index (κ3) is 7.56. The minimum absolute atomic E-state index is 0.467. The maximum Gasteiger partial charge on any atom is 0.118 e. The van der Waals surface area contributed by atoms with Crippen LogP contribution in [-0.4, -0.2) is 35.1 Å². The van der Waals surface area contributed by atoms with Crippen LogP contribution in [0.1, 0.15) is 90.6 Å². The van der Waals surface area contributed by atoms with Crippen molar-refractivity contribution in [1.82, 2.24) is 9.97 Å². The molecule has 0 radical (unpaired) electrons. The molecule has 2 aromatic heterocycles. The van der Waals surface area contributed by atoms with Crippen molar-refractivity contribution in [2.24, 2.45) is 10.8 Å². The molecule has 0 N–H and O–H groups in total.